The molecule has 4 N–H and O–H groups in total. The summed E-state index contributed by atoms with van der Waals surface area (Å²) in [5.41, 5.74) is 12.4. The zero-order chi connectivity index (χ0) is 11.4. The van der Waals surface area contributed by atoms with Crippen molar-refractivity contribution < 1.29 is 4.18 Å². The Morgan fingerprint density at radius 1 is 0.875 bits per heavy atom. The quantitative estimate of drug-likeness (QED) is 0.631. The summed E-state index contributed by atoms with van der Waals surface area (Å²) in [5, 5.41) is 0. The molecule has 0 aliphatic rings. The highest BCUT2D eigenvalue weighted by molar-refractivity contribution is 7.95. The molecule has 0 amide bonds. The fourth-order valence-electron chi connectivity index (χ4n) is 1.18. The minimum Gasteiger partial charge on any atom is -0.421 e. The van der Waals surface area contributed by atoms with Gasteiger partial charge in [0.15, 0.2) is 0 Å². The third-order valence-corrected chi connectivity index (χ3v) is 2.78. The van der Waals surface area contributed by atoms with Crippen molar-refractivity contribution in [2.45, 2.75) is 4.90 Å². The van der Waals surface area contributed by atoms with Gasteiger partial charge in [-0.1, -0.05) is 18.2 Å². The van der Waals surface area contributed by atoms with Gasteiger partial charge in [0.25, 0.3) is 0 Å². The molecule has 4 heteroatoms. The number of nitrogen functional groups attached to an aromatic ring is 2. The van der Waals surface area contributed by atoms with Gasteiger partial charge in [0, 0.05) is 11.0 Å². The van der Waals surface area contributed by atoms with Crippen LogP contribution in [0, 0.1) is 0 Å². The second kappa shape index (κ2) is 4.81. The Balaban J connectivity index is 2.03. The summed E-state index contributed by atoms with van der Waals surface area (Å²) in [6.07, 6.45) is 0. The lowest BCUT2D eigenvalue weighted by Crippen LogP contribution is -1.94. The summed E-state index contributed by atoms with van der Waals surface area (Å²) in [6.45, 7) is 0. The van der Waals surface area contributed by atoms with E-state index in [4.69, 9.17) is 15.7 Å². The topological polar surface area (TPSA) is 61.3 Å². The molecule has 0 fully saturated rings. The first-order chi connectivity index (χ1) is 7.75. The van der Waals surface area contributed by atoms with Gasteiger partial charge in [-0.2, -0.15) is 0 Å². The first-order valence-corrected chi connectivity index (χ1v) is 5.54. The molecular formula is C12H12N2OS. The first kappa shape index (κ1) is 10.7. The molecule has 3 nitrogen and oxygen atoms in total. The van der Waals surface area contributed by atoms with E-state index in [1.165, 1.54) is 12.0 Å². The molecule has 0 atom stereocenters. The highest BCUT2D eigenvalue weighted by Gasteiger charge is 2.00. The van der Waals surface area contributed by atoms with E-state index < -0.39 is 0 Å². The van der Waals surface area contributed by atoms with Gasteiger partial charge in [-0.25, -0.2) is 0 Å². The lowest BCUT2D eigenvalue weighted by molar-refractivity contribution is 0.647. The van der Waals surface area contributed by atoms with Gasteiger partial charge in [-0.3, -0.25) is 0 Å². The van der Waals surface area contributed by atoms with Crippen molar-refractivity contribution in [3.05, 3.63) is 48.5 Å². The molecule has 82 valence electrons. The number of hydrogen-bond donors (Lipinski definition) is 2. The average Bonchev–Trinajstić information content (AvgIpc) is 2.32. The Kier molecular flexibility index (Phi) is 3.22. The lowest BCUT2D eigenvalue weighted by Gasteiger charge is -2.05. The Morgan fingerprint density at radius 2 is 1.62 bits per heavy atom. The summed E-state index contributed by atoms with van der Waals surface area (Å²) in [6, 6.07) is 15.1. The van der Waals surface area contributed by atoms with Crippen LogP contribution in [0.4, 0.5) is 11.4 Å². The van der Waals surface area contributed by atoms with Crippen molar-refractivity contribution in [3.8, 4) is 5.75 Å². The smallest absolute Gasteiger partial charge is 0.140 e. The van der Waals surface area contributed by atoms with E-state index in [0.29, 0.717) is 17.1 Å². The van der Waals surface area contributed by atoms with Gasteiger partial charge < -0.3 is 15.7 Å². The van der Waals surface area contributed by atoms with Crippen LogP contribution in [0.15, 0.2) is 53.4 Å². The molecule has 2 aromatic rings. The molecule has 0 spiro atoms. The molecule has 0 aromatic heterocycles. The summed E-state index contributed by atoms with van der Waals surface area (Å²) >= 11 is 1.29. The molecule has 2 aromatic carbocycles. The van der Waals surface area contributed by atoms with E-state index in [9.17, 15) is 0 Å². The van der Waals surface area contributed by atoms with Gasteiger partial charge in [-0.15, -0.1) is 0 Å². The van der Waals surface area contributed by atoms with Crippen molar-refractivity contribution >= 4 is 23.4 Å². The fraction of sp³-hybridized carbons (Fsp3) is 0. The minimum absolute atomic E-state index is 0.533. The third-order valence-electron chi connectivity index (χ3n) is 2.04. The van der Waals surface area contributed by atoms with Crippen molar-refractivity contribution in [1.29, 1.82) is 0 Å². The summed E-state index contributed by atoms with van der Waals surface area (Å²) in [5.74, 6) is 0.695. The van der Waals surface area contributed by atoms with Gasteiger partial charge in [-0.05, 0) is 24.3 Å². The zero-order valence-corrected chi connectivity index (χ0v) is 9.41. The summed E-state index contributed by atoms with van der Waals surface area (Å²) < 4.78 is 5.51. The van der Waals surface area contributed by atoms with Crippen molar-refractivity contribution in [1.82, 2.24) is 0 Å². The fourth-order valence-corrected chi connectivity index (χ4v) is 1.74. The minimum atomic E-state index is 0.533. The van der Waals surface area contributed by atoms with Crippen molar-refractivity contribution in [3.63, 3.8) is 0 Å². The second-order valence-corrected chi connectivity index (χ2v) is 4.08. The number of nitrogens with two attached hydrogens (primary N) is 2. The number of benzene rings is 2. The highest BCUT2D eigenvalue weighted by Crippen LogP contribution is 2.27. The maximum absolute atomic E-state index is 5.68. The predicted octanol–water partition coefficient (Wildman–Crippen LogP) is 2.94. The number of rotatable bonds is 3. The van der Waals surface area contributed by atoms with Crippen LogP contribution in [0.25, 0.3) is 0 Å². The van der Waals surface area contributed by atoms with E-state index in [-0.39, 0.29) is 0 Å². The largest absolute Gasteiger partial charge is 0.421 e. The maximum atomic E-state index is 5.68. The predicted molar refractivity (Wildman–Crippen MR) is 68.2 cm³/mol. The molecule has 16 heavy (non-hydrogen) atoms. The molecule has 0 aliphatic heterocycles. The summed E-state index contributed by atoms with van der Waals surface area (Å²) in [4.78, 5) is 1.04. The normalized spacial score (nSPS) is 10.0. The maximum Gasteiger partial charge on any atom is 0.140 e. The lowest BCUT2D eigenvalue weighted by atomic mass is 10.3. The van der Waals surface area contributed by atoms with Crippen molar-refractivity contribution in [2.24, 2.45) is 0 Å². The molecule has 0 saturated carbocycles. The highest BCUT2D eigenvalue weighted by atomic mass is 32.2. The first-order valence-electron chi connectivity index (χ1n) is 4.80. The van der Waals surface area contributed by atoms with E-state index >= 15 is 0 Å². The molecular weight excluding hydrogens is 220 g/mol. The van der Waals surface area contributed by atoms with Crippen LogP contribution < -0.4 is 15.7 Å². The van der Waals surface area contributed by atoms with Crippen molar-refractivity contribution in [2.75, 3.05) is 11.5 Å². The second-order valence-electron chi connectivity index (χ2n) is 3.27. The molecule has 0 aliphatic carbocycles. The third kappa shape index (κ3) is 2.61. The molecule has 0 bridgehead atoms. The molecule has 0 radical (unpaired) electrons. The van der Waals surface area contributed by atoms with Crippen LogP contribution in [-0.2, 0) is 0 Å². The standard InChI is InChI=1S/C12H12N2OS/c13-11-7-6-9(8-12(11)14)15-16-10-4-2-1-3-5-10/h1-8H,13-14H2. The molecule has 0 saturated heterocycles. The Hall–Kier alpha value is -1.81. The molecule has 2 rings (SSSR count). The van der Waals surface area contributed by atoms with Gasteiger partial charge in [0.05, 0.1) is 23.4 Å². The molecule has 0 heterocycles. The van der Waals surface area contributed by atoms with E-state index in [2.05, 4.69) is 0 Å². The van der Waals surface area contributed by atoms with Crippen LogP contribution in [0.1, 0.15) is 0 Å². The van der Waals surface area contributed by atoms with E-state index in [1.54, 1.807) is 18.2 Å². The number of anilines is 2. The summed E-state index contributed by atoms with van der Waals surface area (Å²) in [7, 11) is 0. The van der Waals surface area contributed by atoms with Crippen LogP contribution in [0.5, 0.6) is 5.75 Å². The van der Waals surface area contributed by atoms with Gasteiger partial charge in [0.2, 0.25) is 0 Å². The van der Waals surface area contributed by atoms with Crippen LogP contribution in [-0.4, -0.2) is 0 Å². The zero-order valence-electron chi connectivity index (χ0n) is 8.59. The van der Waals surface area contributed by atoms with Crippen LogP contribution >= 0.6 is 12.0 Å². The van der Waals surface area contributed by atoms with Crippen LogP contribution in [0.3, 0.4) is 0 Å². The number of hydrogen-bond acceptors (Lipinski definition) is 4. The molecule has 0 unspecified atom stereocenters. The van der Waals surface area contributed by atoms with Gasteiger partial charge >= 0.3 is 0 Å². The monoisotopic (exact) mass is 232 g/mol. The SMILES string of the molecule is Nc1ccc(OSc2ccccc2)cc1N. The van der Waals surface area contributed by atoms with Crippen LogP contribution in [0.2, 0.25) is 0 Å². The Bertz CT molecular complexity index is 474. The van der Waals surface area contributed by atoms with Gasteiger partial charge in [0.1, 0.15) is 5.75 Å². The Labute approximate surface area is 98.6 Å². The van der Waals surface area contributed by atoms with E-state index in [0.717, 1.165) is 4.90 Å². The Morgan fingerprint density at radius 3 is 2.31 bits per heavy atom. The van der Waals surface area contributed by atoms with E-state index in [1.807, 2.05) is 30.3 Å². The average molecular weight is 232 g/mol.